The average Bonchev–Trinajstić information content (AvgIpc) is 3.18. The molecule has 0 spiro atoms. The van der Waals surface area contributed by atoms with E-state index in [9.17, 15) is 5.26 Å². The molecule has 30 heavy (non-hydrogen) atoms. The smallest absolute Gasteiger partial charge is 0.267 e. The van der Waals surface area contributed by atoms with E-state index < -0.39 is 0 Å². The molecule has 0 unspecified atom stereocenters. The van der Waals surface area contributed by atoms with E-state index >= 15 is 0 Å². The summed E-state index contributed by atoms with van der Waals surface area (Å²) in [5.41, 5.74) is 5.33. The number of fused-ring (bicyclic) bond motifs is 2. The summed E-state index contributed by atoms with van der Waals surface area (Å²) >= 11 is 0. The third-order valence-electron chi connectivity index (χ3n) is 5.84. The van der Waals surface area contributed by atoms with E-state index in [0.717, 1.165) is 53.5 Å². The predicted octanol–water partition coefficient (Wildman–Crippen LogP) is 3.95. The summed E-state index contributed by atoms with van der Waals surface area (Å²) in [7, 11) is 0. The molecule has 8 heteroatoms. The minimum absolute atomic E-state index is 0.183. The summed E-state index contributed by atoms with van der Waals surface area (Å²) < 4.78 is 1.84. The Balaban J connectivity index is 1.50. The molecule has 0 saturated carbocycles. The van der Waals surface area contributed by atoms with Crippen LogP contribution in [0.3, 0.4) is 0 Å². The second-order valence-corrected chi connectivity index (χ2v) is 7.88. The molecule has 5 heterocycles. The summed E-state index contributed by atoms with van der Waals surface area (Å²) in [6.07, 6.45) is 9.40. The van der Waals surface area contributed by atoms with Crippen molar-refractivity contribution in [3.63, 3.8) is 0 Å². The first-order chi connectivity index (χ1) is 14.6. The Morgan fingerprint density at radius 1 is 1.07 bits per heavy atom. The Morgan fingerprint density at radius 3 is 2.67 bits per heavy atom. The zero-order valence-electron chi connectivity index (χ0n) is 16.6. The van der Waals surface area contributed by atoms with Gasteiger partial charge in [0.1, 0.15) is 11.6 Å². The first kappa shape index (κ1) is 18.3. The minimum Gasteiger partial charge on any atom is -0.305 e. The fourth-order valence-corrected chi connectivity index (χ4v) is 4.25. The molecular formula is C22H18BN7. The van der Waals surface area contributed by atoms with E-state index in [0.29, 0.717) is 23.0 Å². The van der Waals surface area contributed by atoms with Crippen LogP contribution in [0.1, 0.15) is 35.7 Å². The number of hydrogen-bond acceptors (Lipinski definition) is 6. The number of rotatable bonds is 2. The van der Waals surface area contributed by atoms with Crippen molar-refractivity contribution in [2.24, 2.45) is 0 Å². The SMILES string of the molecule is Cc1cn2cc(-c3ncc4nc(C5CCB(C#N)CC5)ccc4n3)cc(C#N)c2n1. The van der Waals surface area contributed by atoms with E-state index in [4.69, 9.17) is 10.2 Å². The molecular weight excluding hydrogens is 373 g/mol. The molecule has 144 valence electrons. The zero-order chi connectivity index (χ0) is 20.7. The summed E-state index contributed by atoms with van der Waals surface area (Å²) in [4.78, 5) is 18.4. The molecule has 7 nitrogen and oxygen atoms in total. The van der Waals surface area contributed by atoms with Gasteiger partial charge in [0.05, 0.1) is 23.0 Å². The number of aromatic nitrogens is 5. The van der Waals surface area contributed by atoms with Gasteiger partial charge in [0.15, 0.2) is 11.5 Å². The lowest BCUT2D eigenvalue weighted by molar-refractivity contribution is 0.597. The summed E-state index contributed by atoms with van der Waals surface area (Å²) in [6.45, 7) is 2.08. The highest BCUT2D eigenvalue weighted by atomic mass is 15.0. The maximum atomic E-state index is 9.50. The van der Waals surface area contributed by atoms with Gasteiger partial charge in [0, 0.05) is 29.6 Å². The van der Waals surface area contributed by atoms with E-state index in [-0.39, 0.29) is 6.71 Å². The van der Waals surface area contributed by atoms with Crippen LogP contribution >= 0.6 is 0 Å². The van der Waals surface area contributed by atoms with Crippen molar-refractivity contribution in [2.45, 2.75) is 38.3 Å². The zero-order valence-corrected chi connectivity index (χ0v) is 16.6. The van der Waals surface area contributed by atoms with Crippen molar-refractivity contribution < 1.29 is 0 Å². The van der Waals surface area contributed by atoms with Crippen LogP contribution in [0, 0.1) is 29.5 Å². The van der Waals surface area contributed by atoms with Gasteiger partial charge >= 0.3 is 0 Å². The van der Waals surface area contributed by atoms with Crippen LogP contribution in [-0.2, 0) is 0 Å². The Labute approximate surface area is 174 Å². The van der Waals surface area contributed by atoms with Crippen molar-refractivity contribution in [1.82, 2.24) is 24.3 Å². The van der Waals surface area contributed by atoms with Gasteiger partial charge in [0.25, 0.3) is 6.71 Å². The Hall–Kier alpha value is -3.78. The standard InChI is InChI=1S/C22H18BN7/c1-14-11-30-12-17(8-16(9-24)22(30)27-14)21-26-10-20-19(29-21)3-2-18(28-20)15-4-6-23(13-25)7-5-15/h2-3,8,10-12,15H,4-7H2,1H3. The first-order valence-electron chi connectivity index (χ1n) is 10.1. The van der Waals surface area contributed by atoms with Crippen molar-refractivity contribution in [3.8, 4) is 23.4 Å². The van der Waals surface area contributed by atoms with Crippen LogP contribution in [-0.4, -0.2) is 31.0 Å². The third-order valence-corrected chi connectivity index (χ3v) is 5.84. The number of pyridine rings is 2. The lowest BCUT2D eigenvalue weighted by atomic mass is 9.41. The first-order valence-corrected chi connectivity index (χ1v) is 10.1. The fraction of sp³-hybridized carbons (Fsp3) is 0.273. The van der Waals surface area contributed by atoms with Crippen molar-refractivity contribution in [2.75, 3.05) is 0 Å². The van der Waals surface area contributed by atoms with Gasteiger partial charge in [0.2, 0.25) is 0 Å². The minimum atomic E-state index is 0.183. The Kier molecular flexibility index (Phi) is 4.41. The maximum absolute atomic E-state index is 9.50. The molecule has 0 radical (unpaired) electrons. The Morgan fingerprint density at radius 2 is 1.90 bits per heavy atom. The average molecular weight is 391 g/mol. The van der Waals surface area contributed by atoms with E-state index in [1.54, 1.807) is 12.3 Å². The summed E-state index contributed by atoms with van der Waals surface area (Å²) in [5.74, 6) is 3.33. The van der Waals surface area contributed by atoms with Crippen LogP contribution in [0.25, 0.3) is 28.1 Å². The van der Waals surface area contributed by atoms with E-state index in [2.05, 4.69) is 27.0 Å². The third kappa shape index (κ3) is 3.17. The molecule has 4 aromatic heterocycles. The molecule has 0 atom stereocenters. The second kappa shape index (κ2) is 7.24. The molecule has 1 fully saturated rings. The normalized spacial score (nSPS) is 14.7. The highest BCUT2D eigenvalue weighted by molar-refractivity contribution is 6.67. The van der Waals surface area contributed by atoms with Crippen LogP contribution in [0.5, 0.6) is 0 Å². The molecule has 1 aliphatic rings. The van der Waals surface area contributed by atoms with Gasteiger partial charge in [-0.2, -0.15) is 5.26 Å². The highest BCUT2D eigenvalue weighted by Crippen LogP contribution is 2.33. The molecule has 0 bridgehead atoms. The molecule has 4 aromatic rings. The molecule has 5 rings (SSSR count). The molecule has 1 aliphatic heterocycles. The van der Waals surface area contributed by atoms with Crippen molar-refractivity contribution in [1.29, 1.82) is 10.5 Å². The quantitative estimate of drug-likeness (QED) is 0.479. The number of imidazole rings is 1. The van der Waals surface area contributed by atoms with Crippen LogP contribution < -0.4 is 0 Å². The van der Waals surface area contributed by atoms with Crippen LogP contribution in [0.15, 0.2) is 36.8 Å². The number of aryl methyl sites for hydroxylation is 1. The number of nitrogens with zero attached hydrogens (tertiary/aromatic N) is 7. The van der Waals surface area contributed by atoms with Gasteiger partial charge in [-0.25, -0.2) is 25.2 Å². The summed E-state index contributed by atoms with van der Waals surface area (Å²) in [6, 6.07) is 8.02. The van der Waals surface area contributed by atoms with E-state index in [1.165, 1.54) is 0 Å². The lowest BCUT2D eigenvalue weighted by Crippen LogP contribution is -2.19. The Bertz CT molecular complexity index is 1350. The number of hydrogen-bond donors (Lipinski definition) is 0. The van der Waals surface area contributed by atoms with Crippen molar-refractivity contribution in [3.05, 3.63) is 53.7 Å². The maximum Gasteiger partial charge on any atom is 0.267 e. The summed E-state index contributed by atoms with van der Waals surface area (Å²) in [5, 5.41) is 18.6. The van der Waals surface area contributed by atoms with Gasteiger partial charge in [-0.15, -0.1) is 0 Å². The molecule has 0 amide bonds. The lowest BCUT2D eigenvalue weighted by Gasteiger charge is -2.22. The highest BCUT2D eigenvalue weighted by Gasteiger charge is 2.26. The predicted molar refractivity (Wildman–Crippen MR) is 114 cm³/mol. The molecule has 0 aromatic carbocycles. The largest absolute Gasteiger partial charge is 0.305 e. The molecule has 0 N–H and O–H groups in total. The van der Waals surface area contributed by atoms with E-state index in [1.807, 2.05) is 35.9 Å². The fourth-order valence-electron chi connectivity index (χ4n) is 4.25. The molecule has 0 aliphatic carbocycles. The van der Waals surface area contributed by atoms with Crippen LogP contribution in [0.4, 0.5) is 0 Å². The molecule has 1 saturated heterocycles. The number of nitriles is 2. The van der Waals surface area contributed by atoms with Gasteiger partial charge < -0.3 is 4.40 Å². The van der Waals surface area contributed by atoms with Crippen molar-refractivity contribution >= 4 is 23.4 Å². The monoisotopic (exact) mass is 391 g/mol. The van der Waals surface area contributed by atoms with Gasteiger partial charge in [-0.1, -0.05) is 25.5 Å². The van der Waals surface area contributed by atoms with Gasteiger partial charge in [-0.3, -0.25) is 0 Å². The second-order valence-electron chi connectivity index (χ2n) is 7.88. The topological polar surface area (TPSA) is 104 Å². The van der Waals surface area contributed by atoms with Gasteiger partial charge in [-0.05, 0) is 31.0 Å². The van der Waals surface area contributed by atoms with Crippen LogP contribution in [0.2, 0.25) is 12.6 Å².